The molecule has 2 aliphatic heterocycles. The molecule has 0 unspecified atom stereocenters. The van der Waals surface area contributed by atoms with Gasteiger partial charge in [0.1, 0.15) is 11.4 Å². The molecule has 1 atom stereocenters. The van der Waals surface area contributed by atoms with E-state index >= 15 is 0 Å². The lowest BCUT2D eigenvalue weighted by Crippen LogP contribution is -2.46. The number of aliphatic hydroxyl groups is 1. The first-order valence-electron chi connectivity index (χ1n) is 15.1. The lowest BCUT2D eigenvalue weighted by molar-refractivity contribution is -0.137. The SMILES string of the molecule is O=C(C1CCN(c2cc(C(F)(F)F)ccn2)CC1)N1CC[C@H](NC2CCC(O)(c3ccc(-c4cccnc4)cn3)CC2)C1. The Morgan fingerprint density at radius 1 is 0.907 bits per heavy atom. The molecule has 8 nitrogen and oxygen atoms in total. The van der Waals surface area contributed by atoms with Gasteiger partial charge in [0.25, 0.3) is 0 Å². The van der Waals surface area contributed by atoms with Crippen LogP contribution in [0.25, 0.3) is 11.1 Å². The van der Waals surface area contributed by atoms with Crippen molar-refractivity contribution < 1.29 is 23.1 Å². The largest absolute Gasteiger partial charge is 0.416 e. The molecule has 2 N–H and O–H groups in total. The normalized spacial score (nSPS) is 25.2. The number of pyridine rings is 3. The Kier molecular flexibility index (Phi) is 8.37. The summed E-state index contributed by atoms with van der Waals surface area (Å²) in [6, 6.07) is 10.3. The van der Waals surface area contributed by atoms with Crippen molar-refractivity contribution >= 4 is 11.7 Å². The number of carbonyl (C=O) groups excluding carboxylic acids is 1. The third-order valence-corrected chi connectivity index (χ3v) is 9.26. The maximum absolute atomic E-state index is 13.3. The highest BCUT2D eigenvalue weighted by Gasteiger charge is 2.38. The molecular formula is C32H37F3N6O2. The summed E-state index contributed by atoms with van der Waals surface area (Å²) in [6.07, 6.45) is 7.11. The quantitative estimate of drug-likeness (QED) is 0.424. The van der Waals surface area contributed by atoms with Crippen molar-refractivity contribution in [1.82, 2.24) is 25.2 Å². The third kappa shape index (κ3) is 6.67. The number of nitrogens with one attached hydrogen (secondary N) is 1. The van der Waals surface area contributed by atoms with Crippen molar-refractivity contribution in [2.75, 3.05) is 31.1 Å². The van der Waals surface area contributed by atoms with Gasteiger partial charge in [-0.05, 0) is 69.2 Å². The number of carbonyl (C=O) groups is 1. The average Bonchev–Trinajstić information content (AvgIpc) is 3.51. The van der Waals surface area contributed by atoms with E-state index in [0.717, 1.165) is 42.5 Å². The Bertz CT molecular complexity index is 1390. The fraction of sp³-hybridized carbons (Fsp3) is 0.500. The minimum atomic E-state index is -4.41. The number of anilines is 1. The Balaban J connectivity index is 0.955. The van der Waals surface area contributed by atoms with E-state index in [1.165, 1.54) is 6.20 Å². The van der Waals surface area contributed by atoms with E-state index in [2.05, 4.69) is 20.3 Å². The van der Waals surface area contributed by atoms with E-state index in [0.29, 0.717) is 63.4 Å². The molecule has 0 radical (unpaired) electrons. The highest BCUT2D eigenvalue weighted by atomic mass is 19.4. The lowest BCUT2D eigenvalue weighted by Gasteiger charge is -2.37. The molecule has 11 heteroatoms. The summed E-state index contributed by atoms with van der Waals surface area (Å²) in [7, 11) is 0. The van der Waals surface area contributed by atoms with E-state index in [1.807, 2.05) is 34.1 Å². The van der Waals surface area contributed by atoms with E-state index in [9.17, 15) is 23.1 Å². The number of halogens is 3. The van der Waals surface area contributed by atoms with Gasteiger partial charge >= 0.3 is 6.18 Å². The molecule has 3 aromatic heterocycles. The Morgan fingerprint density at radius 3 is 2.35 bits per heavy atom. The van der Waals surface area contributed by atoms with Gasteiger partial charge in [-0.2, -0.15) is 13.2 Å². The smallest absolute Gasteiger partial charge is 0.384 e. The van der Waals surface area contributed by atoms with Crippen LogP contribution in [0.15, 0.2) is 61.2 Å². The number of alkyl halides is 3. The molecule has 0 bridgehead atoms. The van der Waals surface area contributed by atoms with Gasteiger partial charge in [0, 0.05) is 80.1 Å². The molecular weight excluding hydrogens is 557 g/mol. The summed E-state index contributed by atoms with van der Waals surface area (Å²) < 4.78 is 39.3. The first kappa shape index (κ1) is 29.5. The second-order valence-electron chi connectivity index (χ2n) is 12.1. The highest BCUT2D eigenvalue weighted by molar-refractivity contribution is 5.79. The zero-order valence-electron chi connectivity index (χ0n) is 24.0. The number of aromatic nitrogens is 3. The topological polar surface area (TPSA) is 94.5 Å². The Hall–Kier alpha value is -3.57. The van der Waals surface area contributed by atoms with Crippen LogP contribution in [0.2, 0.25) is 0 Å². The molecule has 0 aromatic carbocycles. The third-order valence-electron chi connectivity index (χ3n) is 9.26. The van der Waals surface area contributed by atoms with Crippen LogP contribution in [-0.2, 0) is 16.6 Å². The van der Waals surface area contributed by atoms with Crippen LogP contribution in [0.5, 0.6) is 0 Å². The number of piperidine rings is 1. The summed E-state index contributed by atoms with van der Waals surface area (Å²) in [5.41, 5.74) is 1.01. The second kappa shape index (κ2) is 12.2. The minimum Gasteiger partial charge on any atom is -0.384 e. The average molecular weight is 595 g/mol. The molecule has 3 fully saturated rings. The zero-order valence-corrected chi connectivity index (χ0v) is 24.0. The fourth-order valence-corrected chi connectivity index (χ4v) is 6.70. The molecule has 1 aliphatic carbocycles. The molecule has 43 heavy (non-hydrogen) atoms. The number of hydrogen-bond donors (Lipinski definition) is 2. The molecule has 6 rings (SSSR count). The van der Waals surface area contributed by atoms with Crippen molar-refractivity contribution in [3.63, 3.8) is 0 Å². The van der Waals surface area contributed by atoms with Crippen LogP contribution >= 0.6 is 0 Å². The summed E-state index contributed by atoms with van der Waals surface area (Å²) in [4.78, 5) is 30.0. The molecule has 5 heterocycles. The molecule has 228 valence electrons. The molecule has 0 spiro atoms. The molecule has 1 amide bonds. The van der Waals surface area contributed by atoms with Crippen molar-refractivity contribution in [2.24, 2.45) is 5.92 Å². The van der Waals surface area contributed by atoms with Crippen LogP contribution in [-0.4, -0.2) is 69.1 Å². The molecule has 1 saturated carbocycles. The van der Waals surface area contributed by atoms with Crippen LogP contribution in [0.1, 0.15) is 56.2 Å². The number of nitrogens with zero attached hydrogens (tertiary/aromatic N) is 5. The van der Waals surface area contributed by atoms with E-state index in [-0.39, 0.29) is 23.9 Å². The van der Waals surface area contributed by atoms with Crippen LogP contribution in [0, 0.1) is 5.92 Å². The van der Waals surface area contributed by atoms with Gasteiger partial charge < -0.3 is 20.2 Å². The van der Waals surface area contributed by atoms with Crippen LogP contribution in [0.4, 0.5) is 19.0 Å². The Labute approximate surface area is 249 Å². The number of hydrogen-bond acceptors (Lipinski definition) is 7. The summed E-state index contributed by atoms with van der Waals surface area (Å²) in [5.74, 6) is 0.324. The first-order chi connectivity index (χ1) is 20.7. The Morgan fingerprint density at radius 2 is 1.67 bits per heavy atom. The predicted octanol–water partition coefficient (Wildman–Crippen LogP) is 4.79. The van der Waals surface area contributed by atoms with E-state index in [4.69, 9.17) is 0 Å². The van der Waals surface area contributed by atoms with Gasteiger partial charge in [-0.25, -0.2) is 4.98 Å². The zero-order chi connectivity index (χ0) is 30.0. The van der Waals surface area contributed by atoms with E-state index < -0.39 is 17.3 Å². The summed E-state index contributed by atoms with van der Waals surface area (Å²) in [6.45, 7) is 2.38. The van der Waals surface area contributed by atoms with Gasteiger partial charge in [-0.3, -0.25) is 14.8 Å². The highest BCUT2D eigenvalue weighted by Crippen LogP contribution is 2.37. The molecule has 3 aliphatic rings. The van der Waals surface area contributed by atoms with Crippen molar-refractivity contribution in [1.29, 1.82) is 0 Å². The summed E-state index contributed by atoms with van der Waals surface area (Å²) >= 11 is 0. The molecule has 2 saturated heterocycles. The van der Waals surface area contributed by atoms with Gasteiger partial charge in [0.05, 0.1) is 11.3 Å². The van der Waals surface area contributed by atoms with Gasteiger partial charge in [0.15, 0.2) is 0 Å². The van der Waals surface area contributed by atoms with Crippen molar-refractivity contribution in [2.45, 2.75) is 68.8 Å². The summed E-state index contributed by atoms with van der Waals surface area (Å²) in [5, 5.41) is 15.1. The van der Waals surface area contributed by atoms with Gasteiger partial charge in [-0.1, -0.05) is 12.1 Å². The monoisotopic (exact) mass is 594 g/mol. The van der Waals surface area contributed by atoms with Crippen molar-refractivity contribution in [3.8, 4) is 11.1 Å². The lowest BCUT2D eigenvalue weighted by atomic mass is 9.79. The second-order valence-corrected chi connectivity index (χ2v) is 12.1. The number of amides is 1. The maximum atomic E-state index is 13.3. The van der Waals surface area contributed by atoms with Gasteiger partial charge in [-0.15, -0.1) is 0 Å². The first-order valence-corrected chi connectivity index (χ1v) is 15.1. The number of rotatable bonds is 6. The predicted molar refractivity (Wildman–Crippen MR) is 156 cm³/mol. The maximum Gasteiger partial charge on any atom is 0.416 e. The van der Waals surface area contributed by atoms with E-state index in [1.54, 1.807) is 18.6 Å². The van der Waals surface area contributed by atoms with Crippen LogP contribution in [0.3, 0.4) is 0 Å². The number of likely N-dealkylation sites (tertiary alicyclic amines) is 1. The van der Waals surface area contributed by atoms with Gasteiger partial charge in [0.2, 0.25) is 5.91 Å². The fourth-order valence-electron chi connectivity index (χ4n) is 6.70. The molecule has 3 aromatic rings. The van der Waals surface area contributed by atoms with Crippen molar-refractivity contribution in [3.05, 3.63) is 72.4 Å². The minimum absolute atomic E-state index is 0.123. The standard InChI is InChI=1S/C32H37F3N6O2/c33-32(34,35)25-7-14-37-29(18-25)40-15-8-22(9-16-40)30(42)41-17-10-27(21-41)39-26-5-11-31(43,12-6-26)28-4-3-24(20-38-28)23-2-1-13-36-19-23/h1-4,7,13-14,18-20,22,26-27,39,43H,5-6,8-12,15-17,21H2/t26?,27-,31?/m0/s1. The van der Waals surface area contributed by atoms with Crippen LogP contribution < -0.4 is 10.2 Å².